The molecular formula is C20H24F3N3OS. The second kappa shape index (κ2) is 8.59. The van der Waals surface area contributed by atoms with E-state index in [0.717, 1.165) is 35.6 Å². The summed E-state index contributed by atoms with van der Waals surface area (Å²) < 4.78 is 40.6. The number of alkyl halides is 3. The number of piperidine rings is 1. The monoisotopic (exact) mass is 411 g/mol. The van der Waals surface area contributed by atoms with Crippen molar-refractivity contribution in [1.29, 1.82) is 0 Å². The summed E-state index contributed by atoms with van der Waals surface area (Å²) in [5, 5.41) is 0.210. The van der Waals surface area contributed by atoms with Crippen molar-refractivity contribution in [3.8, 4) is 11.3 Å². The first-order chi connectivity index (χ1) is 13.3. The van der Waals surface area contributed by atoms with Gasteiger partial charge < -0.3 is 9.47 Å². The van der Waals surface area contributed by atoms with Crippen molar-refractivity contribution in [1.82, 2.24) is 14.5 Å². The van der Waals surface area contributed by atoms with Gasteiger partial charge in [0.15, 0.2) is 5.16 Å². The Kier molecular flexibility index (Phi) is 6.37. The lowest BCUT2D eigenvalue weighted by Gasteiger charge is -2.39. The fraction of sp³-hybridized carbons (Fsp3) is 0.500. The average Bonchev–Trinajstić information content (AvgIpc) is 3.01. The molecule has 8 heteroatoms. The predicted molar refractivity (Wildman–Crippen MR) is 104 cm³/mol. The van der Waals surface area contributed by atoms with Gasteiger partial charge in [-0.15, -0.1) is 0 Å². The molecule has 2 aromatic rings. The maximum Gasteiger partial charge on any atom is 0.406 e. The van der Waals surface area contributed by atoms with Crippen molar-refractivity contribution in [2.45, 2.75) is 63.1 Å². The van der Waals surface area contributed by atoms with Gasteiger partial charge in [0, 0.05) is 12.1 Å². The maximum atomic E-state index is 13.2. The van der Waals surface area contributed by atoms with E-state index in [1.807, 2.05) is 24.8 Å². The van der Waals surface area contributed by atoms with Crippen molar-refractivity contribution in [3.63, 3.8) is 0 Å². The zero-order chi connectivity index (χ0) is 20.3. The highest BCUT2D eigenvalue weighted by Crippen LogP contribution is 2.31. The lowest BCUT2D eigenvalue weighted by atomic mass is 9.98. The summed E-state index contributed by atoms with van der Waals surface area (Å²) in [5.41, 5.74) is 1.06. The normalized spacial score (nSPS) is 20.4. The molecule has 1 aliphatic heterocycles. The van der Waals surface area contributed by atoms with Crippen molar-refractivity contribution < 1.29 is 18.0 Å². The molecule has 0 radical (unpaired) electrons. The third-order valence-corrected chi connectivity index (χ3v) is 6.01. The summed E-state index contributed by atoms with van der Waals surface area (Å²) in [4.78, 5) is 18.8. The van der Waals surface area contributed by atoms with E-state index in [1.165, 1.54) is 6.20 Å². The molecule has 1 amide bonds. The molecule has 2 unspecified atom stereocenters. The van der Waals surface area contributed by atoms with Gasteiger partial charge in [0.1, 0.15) is 6.54 Å². The summed E-state index contributed by atoms with van der Waals surface area (Å²) in [6, 6.07) is 9.17. The molecule has 1 aromatic carbocycles. The van der Waals surface area contributed by atoms with Crippen LogP contribution in [-0.4, -0.2) is 44.4 Å². The number of amides is 1. The average molecular weight is 411 g/mol. The largest absolute Gasteiger partial charge is 0.406 e. The zero-order valence-electron chi connectivity index (χ0n) is 15.9. The molecule has 28 heavy (non-hydrogen) atoms. The minimum absolute atomic E-state index is 0.0486. The van der Waals surface area contributed by atoms with E-state index in [2.05, 4.69) is 4.98 Å². The lowest BCUT2D eigenvalue weighted by Crippen LogP contribution is -2.48. The Bertz CT molecular complexity index is 797. The molecule has 1 aromatic heterocycles. The lowest BCUT2D eigenvalue weighted by molar-refractivity contribution is -0.141. The number of hydrogen-bond donors (Lipinski definition) is 0. The Morgan fingerprint density at radius 2 is 1.82 bits per heavy atom. The summed E-state index contributed by atoms with van der Waals surface area (Å²) >= 11 is 1.07. The standard InChI is InChI=1S/C20H24F3N3OS/c1-14-7-6-8-15(2)26(14)18(27)12-28-19-24-11-17(16-9-4-3-5-10-16)25(19)13-20(21,22)23/h3-5,9-11,14-15H,6-8,12-13H2,1-2H3. The second-order valence-corrected chi connectivity index (χ2v) is 8.15. The molecular weight excluding hydrogens is 387 g/mol. The fourth-order valence-corrected chi connectivity index (χ4v) is 4.61. The SMILES string of the molecule is CC1CCCC(C)N1C(=O)CSc1ncc(-c2ccccc2)n1CC(F)(F)F. The summed E-state index contributed by atoms with van der Waals surface area (Å²) in [5.74, 6) is 0.0325. The van der Waals surface area contributed by atoms with Gasteiger partial charge in [-0.1, -0.05) is 42.1 Å². The maximum absolute atomic E-state index is 13.2. The molecule has 4 nitrogen and oxygen atoms in total. The highest BCUT2D eigenvalue weighted by atomic mass is 32.2. The molecule has 1 fully saturated rings. The van der Waals surface area contributed by atoms with E-state index in [4.69, 9.17) is 0 Å². The van der Waals surface area contributed by atoms with Gasteiger partial charge in [0.2, 0.25) is 5.91 Å². The van der Waals surface area contributed by atoms with Crippen LogP contribution in [0.25, 0.3) is 11.3 Å². The fourth-order valence-electron chi connectivity index (χ4n) is 3.76. The molecule has 1 aliphatic rings. The molecule has 0 N–H and O–H groups in total. The van der Waals surface area contributed by atoms with Gasteiger partial charge in [-0.05, 0) is 38.7 Å². The minimum Gasteiger partial charge on any atom is -0.337 e. The first-order valence-corrected chi connectivity index (χ1v) is 10.4. The number of hydrogen-bond acceptors (Lipinski definition) is 3. The van der Waals surface area contributed by atoms with E-state index in [0.29, 0.717) is 11.3 Å². The Morgan fingerprint density at radius 1 is 1.18 bits per heavy atom. The van der Waals surface area contributed by atoms with Crippen LogP contribution in [0, 0.1) is 0 Å². The van der Waals surface area contributed by atoms with Crippen LogP contribution in [0.4, 0.5) is 13.2 Å². The number of nitrogens with zero attached hydrogens (tertiary/aromatic N) is 3. The van der Waals surface area contributed by atoms with E-state index in [9.17, 15) is 18.0 Å². The quantitative estimate of drug-likeness (QED) is 0.651. The molecule has 2 heterocycles. The van der Waals surface area contributed by atoms with Gasteiger partial charge in [0.25, 0.3) is 0 Å². The summed E-state index contributed by atoms with van der Waals surface area (Å²) in [6.45, 7) is 2.91. The number of rotatable bonds is 5. The third kappa shape index (κ3) is 4.90. The molecule has 3 rings (SSSR count). The van der Waals surface area contributed by atoms with Crippen LogP contribution >= 0.6 is 11.8 Å². The van der Waals surface area contributed by atoms with Crippen LogP contribution in [0.5, 0.6) is 0 Å². The Labute approximate surface area is 167 Å². The highest BCUT2D eigenvalue weighted by Gasteiger charge is 2.32. The van der Waals surface area contributed by atoms with E-state index < -0.39 is 12.7 Å². The number of aromatic nitrogens is 2. The number of carbonyl (C=O) groups excluding carboxylic acids is 1. The topological polar surface area (TPSA) is 38.1 Å². The zero-order valence-corrected chi connectivity index (χ0v) is 16.8. The smallest absolute Gasteiger partial charge is 0.337 e. The summed E-state index contributed by atoms with van der Waals surface area (Å²) in [7, 11) is 0. The molecule has 2 atom stereocenters. The number of benzene rings is 1. The van der Waals surface area contributed by atoms with Crippen molar-refractivity contribution in [3.05, 3.63) is 36.5 Å². The number of imidazole rings is 1. The second-order valence-electron chi connectivity index (χ2n) is 7.21. The van der Waals surface area contributed by atoms with Crippen molar-refractivity contribution in [2.24, 2.45) is 0 Å². The van der Waals surface area contributed by atoms with Crippen LogP contribution in [0.3, 0.4) is 0 Å². The van der Waals surface area contributed by atoms with Crippen LogP contribution in [0.1, 0.15) is 33.1 Å². The summed E-state index contributed by atoms with van der Waals surface area (Å²) in [6.07, 6.45) is 0.0817. The highest BCUT2D eigenvalue weighted by molar-refractivity contribution is 7.99. The minimum atomic E-state index is -4.38. The number of carbonyl (C=O) groups is 1. The number of likely N-dealkylation sites (tertiary alicyclic amines) is 1. The van der Waals surface area contributed by atoms with E-state index >= 15 is 0 Å². The first kappa shape index (κ1) is 20.8. The Balaban J connectivity index is 1.80. The number of thioether (sulfide) groups is 1. The molecule has 0 spiro atoms. The molecule has 0 aliphatic carbocycles. The van der Waals surface area contributed by atoms with E-state index in [-0.39, 0.29) is 28.9 Å². The van der Waals surface area contributed by atoms with Crippen LogP contribution in [0.15, 0.2) is 41.7 Å². The van der Waals surface area contributed by atoms with Gasteiger partial charge in [-0.3, -0.25) is 4.79 Å². The molecule has 0 bridgehead atoms. The van der Waals surface area contributed by atoms with Crippen molar-refractivity contribution in [2.75, 3.05) is 5.75 Å². The number of halogens is 3. The third-order valence-electron chi connectivity index (χ3n) is 5.03. The Morgan fingerprint density at radius 3 is 2.43 bits per heavy atom. The first-order valence-electron chi connectivity index (χ1n) is 9.38. The molecule has 152 valence electrons. The molecule has 1 saturated heterocycles. The van der Waals surface area contributed by atoms with Gasteiger partial charge >= 0.3 is 6.18 Å². The molecule has 0 saturated carbocycles. The van der Waals surface area contributed by atoms with Gasteiger partial charge in [0.05, 0.1) is 17.6 Å². The van der Waals surface area contributed by atoms with Gasteiger partial charge in [-0.2, -0.15) is 13.2 Å². The van der Waals surface area contributed by atoms with E-state index in [1.54, 1.807) is 24.3 Å². The van der Waals surface area contributed by atoms with Crippen LogP contribution in [0.2, 0.25) is 0 Å². The van der Waals surface area contributed by atoms with Crippen LogP contribution < -0.4 is 0 Å². The van der Waals surface area contributed by atoms with Crippen LogP contribution in [-0.2, 0) is 11.3 Å². The predicted octanol–water partition coefficient (Wildman–Crippen LogP) is 4.99. The van der Waals surface area contributed by atoms with Gasteiger partial charge in [-0.25, -0.2) is 4.98 Å². The van der Waals surface area contributed by atoms with Crippen molar-refractivity contribution >= 4 is 17.7 Å². The Hall–Kier alpha value is -1.96.